The van der Waals surface area contributed by atoms with E-state index < -0.39 is 0 Å². The van der Waals surface area contributed by atoms with Crippen LogP contribution >= 0.6 is 0 Å². The van der Waals surface area contributed by atoms with Crippen molar-refractivity contribution in [3.8, 4) is 5.75 Å². The second-order valence-corrected chi connectivity index (χ2v) is 6.08. The Kier molecular flexibility index (Phi) is 4.71. The van der Waals surface area contributed by atoms with E-state index >= 15 is 0 Å². The van der Waals surface area contributed by atoms with E-state index in [2.05, 4.69) is 16.3 Å². The molecule has 3 rings (SSSR count). The number of hydrogen-bond donors (Lipinski definition) is 1. The fourth-order valence-electron chi connectivity index (χ4n) is 3.38. The van der Waals surface area contributed by atoms with E-state index in [1.54, 1.807) is 7.11 Å². The molecule has 1 saturated heterocycles. The average Bonchev–Trinajstić information content (AvgIpc) is 3.08. The van der Waals surface area contributed by atoms with Gasteiger partial charge in [0.05, 0.1) is 12.8 Å². The lowest BCUT2D eigenvalue weighted by atomic mass is 10.2. The van der Waals surface area contributed by atoms with Gasteiger partial charge < -0.3 is 19.9 Å². The summed E-state index contributed by atoms with van der Waals surface area (Å²) in [6, 6.07) is 8.55. The van der Waals surface area contributed by atoms with Crippen molar-refractivity contribution in [3.63, 3.8) is 0 Å². The number of rotatable bonds is 3. The third kappa shape index (κ3) is 3.29. The first-order chi connectivity index (χ1) is 10.8. The number of methoxy groups -OCH3 is 1. The first-order valence-electron chi connectivity index (χ1n) is 8.21. The quantitative estimate of drug-likeness (QED) is 0.933. The molecule has 1 heterocycles. The lowest BCUT2D eigenvalue weighted by Crippen LogP contribution is -2.53. The number of ether oxygens (including phenoxy) is 1. The SMILES string of the molecule is COc1ccccc1N1CCN(C(=O)NC2CCCC2)CC1. The standard InChI is InChI=1S/C17H25N3O2/c1-22-16-9-5-4-8-15(16)19-10-12-20(13-11-19)17(21)18-14-6-2-3-7-14/h4-5,8-9,14H,2-3,6-7,10-13H2,1H3,(H,18,21). The van der Waals surface area contributed by atoms with Crippen molar-refractivity contribution in [2.75, 3.05) is 38.2 Å². The van der Waals surface area contributed by atoms with Crippen LogP contribution in [0.2, 0.25) is 0 Å². The molecule has 1 aromatic carbocycles. The first-order valence-corrected chi connectivity index (χ1v) is 8.21. The number of carbonyl (C=O) groups excluding carboxylic acids is 1. The molecule has 0 radical (unpaired) electrons. The van der Waals surface area contributed by atoms with Crippen LogP contribution in [0.3, 0.4) is 0 Å². The number of nitrogens with zero attached hydrogens (tertiary/aromatic N) is 2. The van der Waals surface area contributed by atoms with Crippen molar-refractivity contribution in [3.05, 3.63) is 24.3 Å². The summed E-state index contributed by atoms with van der Waals surface area (Å²) >= 11 is 0. The molecule has 22 heavy (non-hydrogen) atoms. The molecule has 2 aliphatic rings. The van der Waals surface area contributed by atoms with Crippen molar-refractivity contribution in [2.45, 2.75) is 31.7 Å². The van der Waals surface area contributed by atoms with Gasteiger partial charge in [0.1, 0.15) is 5.75 Å². The van der Waals surface area contributed by atoms with Gasteiger partial charge >= 0.3 is 6.03 Å². The van der Waals surface area contributed by atoms with Gasteiger partial charge in [-0.05, 0) is 25.0 Å². The zero-order valence-electron chi connectivity index (χ0n) is 13.3. The normalized spacial score (nSPS) is 19.3. The molecule has 5 heteroatoms. The smallest absolute Gasteiger partial charge is 0.317 e. The summed E-state index contributed by atoms with van der Waals surface area (Å²) in [5.41, 5.74) is 1.11. The van der Waals surface area contributed by atoms with Crippen LogP contribution in [-0.4, -0.2) is 50.3 Å². The topological polar surface area (TPSA) is 44.8 Å². The highest BCUT2D eigenvalue weighted by molar-refractivity contribution is 5.75. The number of para-hydroxylation sites is 2. The summed E-state index contributed by atoms with van der Waals surface area (Å²) in [6.07, 6.45) is 4.75. The highest BCUT2D eigenvalue weighted by atomic mass is 16.5. The molecule has 1 N–H and O–H groups in total. The van der Waals surface area contributed by atoms with E-state index in [1.165, 1.54) is 12.8 Å². The molecule has 2 amide bonds. The molecule has 1 aromatic rings. The monoisotopic (exact) mass is 303 g/mol. The lowest BCUT2D eigenvalue weighted by Gasteiger charge is -2.37. The van der Waals surface area contributed by atoms with Crippen LogP contribution in [0, 0.1) is 0 Å². The number of urea groups is 1. The Balaban J connectivity index is 1.54. The molecule has 0 spiro atoms. The van der Waals surface area contributed by atoms with E-state index in [1.807, 2.05) is 23.1 Å². The number of benzene rings is 1. The zero-order valence-corrected chi connectivity index (χ0v) is 13.3. The second kappa shape index (κ2) is 6.90. The minimum atomic E-state index is 0.103. The molecule has 0 aromatic heterocycles. The van der Waals surface area contributed by atoms with Crippen molar-refractivity contribution < 1.29 is 9.53 Å². The average molecular weight is 303 g/mol. The predicted molar refractivity (Wildman–Crippen MR) is 87.6 cm³/mol. The summed E-state index contributed by atoms with van der Waals surface area (Å²) < 4.78 is 5.43. The third-order valence-electron chi connectivity index (χ3n) is 4.68. The Morgan fingerprint density at radius 3 is 2.50 bits per heavy atom. The van der Waals surface area contributed by atoms with Gasteiger partial charge in [0.2, 0.25) is 0 Å². The Labute approximate surface area is 132 Å². The highest BCUT2D eigenvalue weighted by Gasteiger charge is 2.25. The van der Waals surface area contributed by atoms with Gasteiger partial charge in [0.15, 0.2) is 0 Å². The number of carbonyl (C=O) groups is 1. The molecule has 1 aliphatic heterocycles. The van der Waals surface area contributed by atoms with Crippen LogP contribution in [0.15, 0.2) is 24.3 Å². The second-order valence-electron chi connectivity index (χ2n) is 6.08. The Morgan fingerprint density at radius 2 is 1.82 bits per heavy atom. The molecular formula is C17H25N3O2. The molecule has 5 nitrogen and oxygen atoms in total. The molecule has 1 aliphatic carbocycles. The Hall–Kier alpha value is -1.91. The fourth-order valence-corrected chi connectivity index (χ4v) is 3.38. The minimum absolute atomic E-state index is 0.103. The first kappa shape index (κ1) is 15.0. The summed E-state index contributed by atoms with van der Waals surface area (Å²) in [5.74, 6) is 0.895. The summed E-state index contributed by atoms with van der Waals surface area (Å²) in [6.45, 7) is 3.21. The van der Waals surface area contributed by atoms with E-state index in [0.717, 1.165) is 50.5 Å². The molecule has 1 saturated carbocycles. The number of nitrogens with one attached hydrogen (secondary N) is 1. The maximum absolute atomic E-state index is 12.3. The van der Waals surface area contributed by atoms with Gasteiger partial charge in [-0.2, -0.15) is 0 Å². The zero-order chi connectivity index (χ0) is 15.4. The Bertz CT molecular complexity index is 506. The largest absolute Gasteiger partial charge is 0.495 e. The molecule has 0 atom stereocenters. The van der Waals surface area contributed by atoms with Crippen molar-refractivity contribution in [2.24, 2.45) is 0 Å². The van der Waals surface area contributed by atoms with Crippen molar-refractivity contribution >= 4 is 11.7 Å². The van der Waals surface area contributed by atoms with Gasteiger partial charge in [-0.1, -0.05) is 25.0 Å². The van der Waals surface area contributed by atoms with E-state index in [0.29, 0.717) is 6.04 Å². The summed E-state index contributed by atoms with van der Waals surface area (Å²) in [4.78, 5) is 16.5. The van der Waals surface area contributed by atoms with Gasteiger partial charge in [-0.25, -0.2) is 4.79 Å². The van der Waals surface area contributed by atoms with Crippen molar-refractivity contribution in [1.29, 1.82) is 0 Å². The number of amides is 2. The number of anilines is 1. The van der Waals surface area contributed by atoms with Crippen LogP contribution < -0.4 is 15.0 Å². The Morgan fingerprint density at radius 1 is 1.14 bits per heavy atom. The van der Waals surface area contributed by atoms with E-state index in [-0.39, 0.29) is 6.03 Å². The van der Waals surface area contributed by atoms with Gasteiger partial charge in [-0.3, -0.25) is 0 Å². The predicted octanol–water partition coefficient (Wildman–Crippen LogP) is 2.47. The number of hydrogen-bond acceptors (Lipinski definition) is 3. The highest BCUT2D eigenvalue weighted by Crippen LogP contribution is 2.28. The molecule has 0 bridgehead atoms. The summed E-state index contributed by atoms with van der Waals surface area (Å²) in [7, 11) is 1.70. The molecule has 2 fully saturated rings. The maximum atomic E-state index is 12.3. The summed E-state index contributed by atoms with van der Waals surface area (Å²) in [5, 5.41) is 3.17. The van der Waals surface area contributed by atoms with Gasteiger partial charge in [0.25, 0.3) is 0 Å². The van der Waals surface area contributed by atoms with Crippen LogP contribution in [0.4, 0.5) is 10.5 Å². The van der Waals surface area contributed by atoms with Crippen LogP contribution in [0.1, 0.15) is 25.7 Å². The van der Waals surface area contributed by atoms with Crippen molar-refractivity contribution in [1.82, 2.24) is 10.2 Å². The molecule has 120 valence electrons. The minimum Gasteiger partial charge on any atom is -0.495 e. The third-order valence-corrected chi connectivity index (χ3v) is 4.68. The fraction of sp³-hybridized carbons (Fsp3) is 0.588. The van der Waals surface area contributed by atoms with Crippen LogP contribution in [-0.2, 0) is 0 Å². The molecular weight excluding hydrogens is 278 g/mol. The maximum Gasteiger partial charge on any atom is 0.317 e. The van der Waals surface area contributed by atoms with Crippen LogP contribution in [0.5, 0.6) is 5.75 Å². The molecule has 0 unspecified atom stereocenters. The van der Waals surface area contributed by atoms with Crippen LogP contribution in [0.25, 0.3) is 0 Å². The van der Waals surface area contributed by atoms with Gasteiger partial charge in [0, 0.05) is 32.2 Å². The lowest BCUT2D eigenvalue weighted by molar-refractivity contribution is 0.190. The van der Waals surface area contributed by atoms with E-state index in [9.17, 15) is 4.79 Å². The van der Waals surface area contributed by atoms with Gasteiger partial charge in [-0.15, -0.1) is 0 Å². The number of piperazine rings is 1. The van der Waals surface area contributed by atoms with E-state index in [4.69, 9.17) is 4.74 Å².